The van der Waals surface area contributed by atoms with E-state index in [2.05, 4.69) is 24.1 Å². The largest absolute Gasteiger partial charge is 0.317 e. The predicted octanol–water partition coefficient (Wildman–Crippen LogP) is 3.01. The molecular formula is C11H23N2O3P. The number of carbonyl (C=O) groups excluding carboxylic acids is 1. The Kier molecular flexibility index (Phi) is 11.6. The summed E-state index contributed by atoms with van der Waals surface area (Å²) in [5, 5.41) is 6.52. The van der Waals surface area contributed by atoms with E-state index < -0.39 is 8.53 Å². The van der Waals surface area contributed by atoms with E-state index in [0.29, 0.717) is 13.2 Å². The van der Waals surface area contributed by atoms with E-state index in [1.807, 2.05) is 0 Å². The van der Waals surface area contributed by atoms with Gasteiger partial charge in [0.05, 0.1) is 19.4 Å². The molecule has 0 heterocycles. The first-order valence-corrected chi connectivity index (χ1v) is 7.23. The zero-order valence-corrected chi connectivity index (χ0v) is 11.8. The number of nitrogens with zero attached hydrogens (tertiary/aromatic N) is 1. The van der Waals surface area contributed by atoms with Crippen LogP contribution in [0, 0.1) is 0 Å². The molecule has 0 saturated carbocycles. The van der Waals surface area contributed by atoms with Crippen molar-refractivity contribution in [2.45, 2.75) is 46.5 Å². The number of Topliss-reactive ketones (excluding diaryl/α,β-unsaturated/α-hetero) is 1. The van der Waals surface area contributed by atoms with Crippen molar-refractivity contribution in [1.29, 1.82) is 0 Å². The normalized spacial score (nSPS) is 11.3. The highest BCUT2D eigenvalue weighted by atomic mass is 31.2. The number of ketones is 1. The van der Waals surface area contributed by atoms with Crippen molar-refractivity contribution >= 4 is 20.5 Å². The van der Waals surface area contributed by atoms with E-state index >= 15 is 0 Å². The molecule has 0 rings (SSSR count). The number of rotatable bonds is 11. The Hall–Kier alpha value is -0.510. The molecule has 0 aliphatic rings. The Labute approximate surface area is 105 Å². The van der Waals surface area contributed by atoms with Crippen molar-refractivity contribution in [3.05, 3.63) is 0 Å². The molecular weight excluding hydrogens is 239 g/mol. The zero-order valence-electron chi connectivity index (χ0n) is 10.9. The van der Waals surface area contributed by atoms with E-state index in [4.69, 9.17) is 9.05 Å². The Balaban J connectivity index is 3.87. The molecule has 0 unspecified atom stereocenters. The summed E-state index contributed by atoms with van der Waals surface area (Å²) < 4.78 is 11.0. The molecule has 0 aliphatic carbocycles. The highest BCUT2D eigenvalue weighted by Crippen LogP contribution is 2.33. The van der Waals surface area contributed by atoms with Crippen LogP contribution < -0.4 is 5.20 Å². The lowest BCUT2D eigenvalue weighted by Gasteiger charge is -2.15. The molecule has 0 radical (unpaired) electrons. The molecule has 0 aliphatic heterocycles. The van der Waals surface area contributed by atoms with Crippen molar-refractivity contribution in [3.8, 4) is 0 Å². The van der Waals surface area contributed by atoms with Crippen molar-refractivity contribution in [3.63, 3.8) is 0 Å². The molecule has 0 amide bonds. The van der Waals surface area contributed by atoms with Gasteiger partial charge in [-0.25, -0.2) is 5.20 Å². The van der Waals surface area contributed by atoms with Gasteiger partial charge in [0.25, 0.3) is 0 Å². The van der Waals surface area contributed by atoms with E-state index in [9.17, 15) is 4.79 Å². The second kappa shape index (κ2) is 12.0. The Morgan fingerprint density at radius 3 is 2.18 bits per heavy atom. The minimum Gasteiger partial charge on any atom is -0.317 e. The molecule has 1 N–H and O–H groups in total. The third kappa shape index (κ3) is 11.7. The quantitative estimate of drug-likeness (QED) is 0.269. The zero-order chi connectivity index (χ0) is 12.9. The lowest BCUT2D eigenvalue weighted by molar-refractivity contribution is -0.110. The number of hydrazone groups is 1. The van der Waals surface area contributed by atoms with Crippen LogP contribution in [0.2, 0.25) is 0 Å². The molecule has 0 aromatic carbocycles. The van der Waals surface area contributed by atoms with E-state index in [1.54, 1.807) is 0 Å². The summed E-state index contributed by atoms with van der Waals surface area (Å²) >= 11 is 0. The van der Waals surface area contributed by atoms with Crippen LogP contribution in [0.3, 0.4) is 0 Å². The number of unbranched alkanes of at least 4 members (excludes halogenated alkanes) is 2. The van der Waals surface area contributed by atoms with E-state index in [0.717, 1.165) is 25.7 Å². The SMILES string of the molecule is CCCCOP(N/N=C/C(C)=O)OCCCC. The molecule has 0 aromatic rings. The maximum Gasteiger partial charge on any atom is 0.304 e. The summed E-state index contributed by atoms with van der Waals surface area (Å²) in [4.78, 5) is 10.7. The molecule has 17 heavy (non-hydrogen) atoms. The molecule has 0 fully saturated rings. The highest BCUT2D eigenvalue weighted by molar-refractivity contribution is 7.44. The Bertz CT molecular complexity index is 215. The van der Waals surface area contributed by atoms with Gasteiger partial charge in [-0.2, -0.15) is 5.10 Å². The number of carbonyl (C=O) groups is 1. The van der Waals surface area contributed by atoms with Gasteiger partial charge >= 0.3 is 8.53 Å². The summed E-state index contributed by atoms with van der Waals surface area (Å²) in [6, 6.07) is 0. The van der Waals surface area contributed by atoms with Crippen molar-refractivity contribution in [2.24, 2.45) is 5.10 Å². The molecule has 6 heteroatoms. The summed E-state index contributed by atoms with van der Waals surface area (Å²) in [6.45, 7) is 6.95. The van der Waals surface area contributed by atoms with Crippen LogP contribution in [0.4, 0.5) is 0 Å². The van der Waals surface area contributed by atoms with Gasteiger partial charge in [-0.3, -0.25) is 4.79 Å². The van der Waals surface area contributed by atoms with Gasteiger partial charge in [0.2, 0.25) is 0 Å². The Morgan fingerprint density at radius 1 is 1.24 bits per heavy atom. The topological polar surface area (TPSA) is 59.9 Å². The molecule has 100 valence electrons. The van der Waals surface area contributed by atoms with Gasteiger partial charge in [0.1, 0.15) is 0 Å². The second-order valence-corrected chi connectivity index (χ2v) is 4.83. The predicted molar refractivity (Wildman–Crippen MR) is 70.9 cm³/mol. The van der Waals surface area contributed by atoms with Gasteiger partial charge < -0.3 is 9.05 Å². The summed E-state index contributed by atoms with van der Waals surface area (Å²) in [5.74, 6) is -0.102. The van der Waals surface area contributed by atoms with E-state index in [1.165, 1.54) is 13.1 Å². The summed E-state index contributed by atoms with van der Waals surface area (Å²) in [5.41, 5.74) is 0. The maximum absolute atomic E-state index is 10.7. The fraction of sp³-hybridized carbons (Fsp3) is 0.818. The summed E-state index contributed by atoms with van der Waals surface area (Å²) in [7, 11) is -1.21. The average molecular weight is 262 g/mol. The van der Waals surface area contributed by atoms with Crippen molar-refractivity contribution in [1.82, 2.24) is 5.20 Å². The average Bonchev–Trinajstić information content (AvgIpc) is 2.28. The van der Waals surface area contributed by atoms with Gasteiger partial charge in [0.15, 0.2) is 5.78 Å². The first-order chi connectivity index (χ1) is 8.20. The van der Waals surface area contributed by atoms with Crippen LogP contribution in [0.25, 0.3) is 0 Å². The second-order valence-electron chi connectivity index (χ2n) is 3.60. The third-order valence-electron chi connectivity index (χ3n) is 1.80. The number of hydrogen-bond donors (Lipinski definition) is 1. The molecule has 0 atom stereocenters. The van der Waals surface area contributed by atoms with Gasteiger partial charge in [-0.1, -0.05) is 26.7 Å². The minimum atomic E-state index is -1.21. The van der Waals surface area contributed by atoms with Crippen LogP contribution in [0.1, 0.15) is 46.5 Å². The van der Waals surface area contributed by atoms with Gasteiger partial charge in [-0.05, 0) is 12.8 Å². The smallest absolute Gasteiger partial charge is 0.304 e. The number of hydrogen-bond acceptors (Lipinski definition) is 5. The fourth-order valence-corrected chi connectivity index (χ4v) is 1.78. The number of nitrogens with one attached hydrogen (secondary N) is 1. The van der Waals surface area contributed by atoms with Crippen LogP contribution in [-0.4, -0.2) is 25.2 Å². The monoisotopic (exact) mass is 262 g/mol. The van der Waals surface area contributed by atoms with Crippen LogP contribution in [-0.2, 0) is 13.8 Å². The van der Waals surface area contributed by atoms with E-state index in [-0.39, 0.29) is 5.78 Å². The molecule has 0 bridgehead atoms. The molecule has 0 aromatic heterocycles. The van der Waals surface area contributed by atoms with Crippen LogP contribution in [0.5, 0.6) is 0 Å². The lowest BCUT2D eigenvalue weighted by Crippen LogP contribution is -2.07. The maximum atomic E-state index is 10.7. The van der Waals surface area contributed by atoms with Gasteiger partial charge in [0, 0.05) is 6.92 Å². The van der Waals surface area contributed by atoms with Crippen molar-refractivity contribution in [2.75, 3.05) is 13.2 Å². The van der Waals surface area contributed by atoms with Gasteiger partial charge in [-0.15, -0.1) is 0 Å². The molecule has 0 spiro atoms. The third-order valence-corrected chi connectivity index (χ3v) is 2.91. The fourth-order valence-electron chi connectivity index (χ4n) is 0.846. The van der Waals surface area contributed by atoms with Crippen molar-refractivity contribution < 1.29 is 13.8 Å². The molecule has 0 saturated heterocycles. The first-order valence-electron chi connectivity index (χ1n) is 6.05. The highest BCUT2D eigenvalue weighted by Gasteiger charge is 2.08. The lowest BCUT2D eigenvalue weighted by atomic mass is 10.4. The first kappa shape index (κ1) is 16.5. The van der Waals surface area contributed by atoms with Crippen LogP contribution >= 0.6 is 8.53 Å². The summed E-state index contributed by atoms with van der Waals surface area (Å²) in [6.07, 6.45) is 5.37. The van der Waals surface area contributed by atoms with Crippen LogP contribution in [0.15, 0.2) is 5.10 Å². The molecule has 5 nitrogen and oxygen atoms in total. The standard InChI is InChI=1S/C11H23N2O3P/c1-4-6-8-15-17(16-9-7-5-2)13-12-10-11(3)14/h10,13H,4-9H2,1-3H3/b12-10+. The minimum absolute atomic E-state index is 0.102. The Morgan fingerprint density at radius 2 is 1.76 bits per heavy atom.